The van der Waals surface area contributed by atoms with Gasteiger partial charge < -0.3 is 5.73 Å². The van der Waals surface area contributed by atoms with Crippen LogP contribution in [0.4, 0.5) is 0 Å². The van der Waals surface area contributed by atoms with Gasteiger partial charge in [-0.3, -0.25) is 4.98 Å². The van der Waals surface area contributed by atoms with Crippen molar-refractivity contribution in [3.8, 4) is 11.4 Å². The zero-order valence-corrected chi connectivity index (χ0v) is 8.65. The van der Waals surface area contributed by atoms with Crippen molar-refractivity contribution in [2.45, 2.75) is 6.54 Å². The average molecular weight is 221 g/mol. The summed E-state index contributed by atoms with van der Waals surface area (Å²) in [5.74, 6) is 0. The largest absolute Gasteiger partial charge is 0.325 e. The van der Waals surface area contributed by atoms with Gasteiger partial charge in [-0.2, -0.15) is 0 Å². The molecule has 0 bridgehead atoms. The number of hydrogen-bond donors (Lipinski definition) is 1. The van der Waals surface area contributed by atoms with Crippen molar-refractivity contribution in [3.63, 3.8) is 0 Å². The van der Waals surface area contributed by atoms with Gasteiger partial charge in [-0.05, 0) is 12.1 Å². The summed E-state index contributed by atoms with van der Waals surface area (Å²) in [6.45, 7) is 0.337. The maximum atomic E-state index is 5.93. The first-order chi connectivity index (χ1) is 7.31. The summed E-state index contributed by atoms with van der Waals surface area (Å²) in [6, 6.07) is 5.53. The van der Waals surface area contributed by atoms with Crippen LogP contribution in [0.1, 0.15) is 5.69 Å². The van der Waals surface area contributed by atoms with E-state index in [0.29, 0.717) is 28.8 Å². The van der Waals surface area contributed by atoms with Crippen molar-refractivity contribution in [2.75, 3.05) is 0 Å². The second-order valence-electron chi connectivity index (χ2n) is 2.92. The van der Waals surface area contributed by atoms with Gasteiger partial charge in [-0.1, -0.05) is 17.7 Å². The maximum absolute atomic E-state index is 5.93. The van der Waals surface area contributed by atoms with Crippen LogP contribution in [0, 0.1) is 0 Å². The number of hydrogen-bond acceptors (Lipinski definition) is 4. The van der Waals surface area contributed by atoms with Crippen LogP contribution < -0.4 is 5.73 Å². The minimum absolute atomic E-state index is 0.337. The molecule has 0 fully saturated rings. The molecule has 0 aliphatic rings. The minimum Gasteiger partial charge on any atom is -0.325 e. The van der Waals surface area contributed by atoms with Gasteiger partial charge in [-0.15, -0.1) is 0 Å². The van der Waals surface area contributed by atoms with Gasteiger partial charge in [0.15, 0.2) is 5.15 Å². The Labute approximate surface area is 92.2 Å². The van der Waals surface area contributed by atoms with Gasteiger partial charge in [0, 0.05) is 12.7 Å². The van der Waals surface area contributed by atoms with E-state index in [-0.39, 0.29) is 0 Å². The maximum Gasteiger partial charge on any atom is 0.156 e. The molecule has 0 spiro atoms. The lowest BCUT2D eigenvalue weighted by atomic mass is 10.3. The molecule has 4 nitrogen and oxygen atoms in total. The van der Waals surface area contributed by atoms with Crippen LogP contribution >= 0.6 is 11.6 Å². The minimum atomic E-state index is 0.337. The first kappa shape index (κ1) is 10.0. The van der Waals surface area contributed by atoms with E-state index >= 15 is 0 Å². The number of rotatable bonds is 2. The van der Waals surface area contributed by atoms with Crippen LogP contribution in [0.25, 0.3) is 11.4 Å². The Morgan fingerprint density at radius 2 is 2.13 bits per heavy atom. The predicted octanol–water partition coefficient (Wildman–Crippen LogP) is 1.65. The topological polar surface area (TPSA) is 64.7 Å². The lowest BCUT2D eigenvalue weighted by Crippen LogP contribution is -2.02. The quantitative estimate of drug-likeness (QED) is 0.836. The molecule has 2 aromatic rings. The fourth-order valence-corrected chi connectivity index (χ4v) is 1.36. The average Bonchev–Trinajstić information content (AvgIpc) is 2.31. The van der Waals surface area contributed by atoms with Crippen molar-refractivity contribution in [1.82, 2.24) is 15.0 Å². The highest BCUT2D eigenvalue weighted by Gasteiger charge is 2.08. The predicted molar refractivity (Wildman–Crippen MR) is 58.2 cm³/mol. The Kier molecular flexibility index (Phi) is 2.89. The molecule has 0 aliphatic heterocycles. The van der Waals surface area contributed by atoms with E-state index < -0.39 is 0 Å². The van der Waals surface area contributed by atoms with Gasteiger partial charge in [-0.25, -0.2) is 9.97 Å². The molecule has 0 saturated heterocycles. The summed E-state index contributed by atoms with van der Waals surface area (Å²) < 4.78 is 0. The highest BCUT2D eigenvalue weighted by Crippen LogP contribution is 2.21. The molecule has 2 heterocycles. The summed E-state index contributed by atoms with van der Waals surface area (Å²) in [5.41, 5.74) is 7.44. The Morgan fingerprint density at radius 3 is 2.80 bits per heavy atom. The standard InChI is InChI=1S/C10H9ClN4/c11-10-9(8-3-1-2-4-13-8)15-7(5-12)6-14-10/h1-4,6H,5,12H2. The molecule has 2 aromatic heterocycles. The van der Waals surface area contributed by atoms with Gasteiger partial charge in [0.2, 0.25) is 0 Å². The first-order valence-electron chi connectivity index (χ1n) is 4.44. The van der Waals surface area contributed by atoms with Crippen LogP contribution in [0.5, 0.6) is 0 Å². The molecular weight excluding hydrogens is 212 g/mol. The SMILES string of the molecule is NCc1cnc(Cl)c(-c2ccccn2)n1. The number of aromatic nitrogens is 3. The number of pyridine rings is 1. The Balaban J connectivity index is 2.52. The second kappa shape index (κ2) is 4.33. The molecule has 2 N–H and O–H groups in total. The monoisotopic (exact) mass is 220 g/mol. The van der Waals surface area contributed by atoms with E-state index in [9.17, 15) is 0 Å². The third kappa shape index (κ3) is 2.11. The summed E-state index contributed by atoms with van der Waals surface area (Å²) in [6.07, 6.45) is 3.25. The van der Waals surface area contributed by atoms with Crippen LogP contribution in [-0.4, -0.2) is 15.0 Å². The van der Waals surface area contributed by atoms with E-state index in [0.717, 1.165) is 0 Å². The van der Waals surface area contributed by atoms with E-state index in [4.69, 9.17) is 17.3 Å². The fraction of sp³-hybridized carbons (Fsp3) is 0.100. The Hall–Kier alpha value is -1.52. The normalized spacial score (nSPS) is 10.3. The first-order valence-corrected chi connectivity index (χ1v) is 4.82. The smallest absolute Gasteiger partial charge is 0.156 e. The van der Waals surface area contributed by atoms with E-state index in [1.807, 2.05) is 18.2 Å². The number of nitrogens with two attached hydrogens (primary N) is 1. The molecule has 2 rings (SSSR count). The fourth-order valence-electron chi connectivity index (χ4n) is 1.18. The molecular formula is C10H9ClN4. The van der Waals surface area contributed by atoms with Crippen molar-refractivity contribution in [2.24, 2.45) is 5.73 Å². The van der Waals surface area contributed by atoms with Crippen LogP contribution in [-0.2, 0) is 6.54 Å². The molecule has 0 unspecified atom stereocenters. The van der Waals surface area contributed by atoms with Crippen LogP contribution in [0.15, 0.2) is 30.6 Å². The molecule has 0 radical (unpaired) electrons. The molecule has 0 amide bonds. The third-order valence-electron chi connectivity index (χ3n) is 1.89. The zero-order valence-electron chi connectivity index (χ0n) is 7.89. The molecule has 0 aromatic carbocycles. The van der Waals surface area contributed by atoms with Crippen LogP contribution in [0.3, 0.4) is 0 Å². The van der Waals surface area contributed by atoms with Crippen molar-refractivity contribution >= 4 is 11.6 Å². The van der Waals surface area contributed by atoms with Crippen molar-refractivity contribution < 1.29 is 0 Å². The number of halogens is 1. The molecule has 5 heteroatoms. The molecule has 0 saturated carbocycles. The highest BCUT2D eigenvalue weighted by molar-refractivity contribution is 6.31. The Bertz CT molecular complexity index is 458. The van der Waals surface area contributed by atoms with Crippen LogP contribution in [0.2, 0.25) is 5.15 Å². The summed E-state index contributed by atoms with van der Waals surface area (Å²) >= 11 is 5.93. The molecule has 15 heavy (non-hydrogen) atoms. The van der Waals surface area contributed by atoms with Gasteiger partial charge in [0.25, 0.3) is 0 Å². The third-order valence-corrected chi connectivity index (χ3v) is 2.17. The van der Waals surface area contributed by atoms with E-state index in [1.54, 1.807) is 12.4 Å². The summed E-state index contributed by atoms with van der Waals surface area (Å²) in [7, 11) is 0. The van der Waals surface area contributed by atoms with Gasteiger partial charge >= 0.3 is 0 Å². The molecule has 76 valence electrons. The summed E-state index contributed by atoms with van der Waals surface area (Å²) in [4.78, 5) is 12.4. The Morgan fingerprint density at radius 1 is 1.27 bits per heavy atom. The highest BCUT2D eigenvalue weighted by atomic mass is 35.5. The molecule has 0 atom stereocenters. The van der Waals surface area contributed by atoms with E-state index in [2.05, 4.69) is 15.0 Å². The molecule has 0 aliphatic carbocycles. The van der Waals surface area contributed by atoms with E-state index in [1.165, 1.54) is 0 Å². The van der Waals surface area contributed by atoms with Gasteiger partial charge in [0.1, 0.15) is 5.69 Å². The number of nitrogens with zero attached hydrogens (tertiary/aromatic N) is 3. The zero-order chi connectivity index (χ0) is 10.7. The summed E-state index contributed by atoms with van der Waals surface area (Å²) in [5, 5.41) is 0.339. The van der Waals surface area contributed by atoms with Crippen molar-refractivity contribution in [1.29, 1.82) is 0 Å². The lowest BCUT2D eigenvalue weighted by Gasteiger charge is -2.03. The van der Waals surface area contributed by atoms with Gasteiger partial charge in [0.05, 0.1) is 17.6 Å². The lowest BCUT2D eigenvalue weighted by molar-refractivity contribution is 0.964. The van der Waals surface area contributed by atoms with Crippen molar-refractivity contribution in [3.05, 3.63) is 41.4 Å². The second-order valence-corrected chi connectivity index (χ2v) is 3.28.